The summed E-state index contributed by atoms with van der Waals surface area (Å²) in [6, 6.07) is 16.2. The molecule has 0 bridgehead atoms. The SMILES string of the molecule is O=C(NOCc1ccccc1)C1CC1c1ccccc1F. The summed E-state index contributed by atoms with van der Waals surface area (Å²) in [6.07, 6.45) is 0.668. The molecule has 1 aliphatic carbocycles. The number of amides is 1. The van der Waals surface area contributed by atoms with Crippen molar-refractivity contribution < 1.29 is 14.0 Å². The fraction of sp³-hybridized carbons (Fsp3) is 0.235. The minimum absolute atomic E-state index is 0.0356. The van der Waals surface area contributed by atoms with E-state index in [1.165, 1.54) is 6.07 Å². The molecule has 21 heavy (non-hydrogen) atoms. The summed E-state index contributed by atoms with van der Waals surface area (Å²) >= 11 is 0. The van der Waals surface area contributed by atoms with E-state index in [4.69, 9.17) is 4.84 Å². The van der Waals surface area contributed by atoms with E-state index < -0.39 is 0 Å². The van der Waals surface area contributed by atoms with Crippen molar-refractivity contribution in [1.82, 2.24) is 5.48 Å². The Bertz CT molecular complexity index is 630. The lowest BCUT2D eigenvalue weighted by Crippen LogP contribution is -2.25. The van der Waals surface area contributed by atoms with E-state index >= 15 is 0 Å². The van der Waals surface area contributed by atoms with Crippen molar-refractivity contribution >= 4 is 5.91 Å². The highest BCUT2D eigenvalue weighted by atomic mass is 19.1. The zero-order valence-electron chi connectivity index (χ0n) is 11.5. The maximum absolute atomic E-state index is 13.6. The van der Waals surface area contributed by atoms with Crippen molar-refractivity contribution in [3.05, 3.63) is 71.5 Å². The summed E-state index contributed by atoms with van der Waals surface area (Å²) in [4.78, 5) is 17.1. The Morgan fingerprint density at radius 3 is 2.62 bits per heavy atom. The Morgan fingerprint density at radius 1 is 1.14 bits per heavy atom. The molecule has 1 saturated carbocycles. The van der Waals surface area contributed by atoms with Gasteiger partial charge in [0.1, 0.15) is 5.82 Å². The number of halogens is 1. The molecule has 2 atom stereocenters. The Kier molecular flexibility index (Phi) is 3.97. The third kappa shape index (κ3) is 3.28. The van der Waals surface area contributed by atoms with Gasteiger partial charge in [0.2, 0.25) is 5.91 Å². The van der Waals surface area contributed by atoms with E-state index in [1.54, 1.807) is 18.2 Å². The molecule has 1 N–H and O–H groups in total. The molecule has 108 valence electrons. The zero-order chi connectivity index (χ0) is 14.7. The number of benzene rings is 2. The van der Waals surface area contributed by atoms with Crippen molar-refractivity contribution in [2.24, 2.45) is 5.92 Å². The van der Waals surface area contributed by atoms with Crippen LogP contribution in [0.4, 0.5) is 4.39 Å². The van der Waals surface area contributed by atoms with E-state index in [9.17, 15) is 9.18 Å². The average molecular weight is 285 g/mol. The number of carbonyl (C=O) groups is 1. The van der Waals surface area contributed by atoms with Crippen molar-refractivity contribution in [2.75, 3.05) is 0 Å². The zero-order valence-corrected chi connectivity index (χ0v) is 11.5. The molecule has 0 radical (unpaired) electrons. The molecule has 1 aliphatic rings. The number of carbonyl (C=O) groups excluding carboxylic acids is 1. The molecule has 2 aromatic rings. The van der Waals surface area contributed by atoms with Crippen LogP contribution in [0.15, 0.2) is 54.6 Å². The quantitative estimate of drug-likeness (QED) is 0.857. The molecule has 1 fully saturated rings. The Balaban J connectivity index is 1.49. The number of rotatable bonds is 5. The van der Waals surface area contributed by atoms with Gasteiger partial charge >= 0.3 is 0 Å². The van der Waals surface area contributed by atoms with Gasteiger partial charge in [0.15, 0.2) is 0 Å². The van der Waals surface area contributed by atoms with Crippen molar-refractivity contribution in [3.8, 4) is 0 Å². The summed E-state index contributed by atoms with van der Waals surface area (Å²) in [7, 11) is 0. The lowest BCUT2D eigenvalue weighted by molar-refractivity contribution is -0.136. The molecule has 0 aromatic heterocycles. The number of hydroxylamine groups is 1. The van der Waals surface area contributed by atoms with Gasteiger partial charge in [-0.05, 0) is 29.5 Å². The second kappa shape index (κ2) is 6.06. The van der Waals surface area contributed by atoms with Crippen LogP contribution >= 0.6 is 0 Å². The fourth-order valence-corrected chi connectivity index (χ4v) is 2.44. The summed E-state index contributed by atoms with van der Waals surface area (Å²) in [5.74, 6) is -0.661. The van der Waals surface area contributed by atoms with E-state index in [-0.39, 0.29) is 23.6 Å². The summed E-state index contributed by atoms with van der Waals surface area (Å²) in [6.45, 7) is 0.323. The van der Waals surface area contributed by atoms with Crippen LogP contribution < -0.4 is 5.48 Å². The lowest BCUT2D eigenvalue weighted by atomic mass is 10.1. The maximum Gasteiger partial charge on any atom is 0.247 e. The Hall–Kier alpha value is -2.20. The highest BCUT2D eigenvalue weighted by Crippen LogP contribution is 2.48. The predicted molar refractivity (Wildman–Crippen MR) is 76.6 cm³/mol. The van der Waals surface area contributed by atoms with Gasteiger partial charge in [-0.25, -0.2) is 9.87 Å². The molecule has 2 aromatic carbocycles. The summed E-state index contributed by atoms with van der Waals surface area (Å²) in [5, 5.41) is 0. The molecular formula is C17H16FNO2. The minimum Gasteiger partial charge on any atom is -0.272 e. The van der Waals surface area contributed by atoms with Crippen LogP contribution in [0.1, 0.15) is 23.5 Å². The number of hydrogen-bond donors (Lipinski definition) is 1. The van der Waals surface area contributed by atoms with Crippen LogP contribution in [0.2, 0.25) is 0 Å². The molecule has 0 spiro atoms. The first-order valence-corrected chi connectivity index (χ1v) is 6.95. The van der Waals surface area contributed by atoms with Crippen LogP contribution in [-0.2, 0) is 16.2 Å². The van der Waals surface area contributed by atoms with E-state index in [2.05, 4.69) is 5.48 Å². The average Bonchev–Trinajstić information content (AvgIpc) is 3.29. The summed E-state index contributed by atoms with van der Waals surface area (Å²) in [5.41, 5.74) is 4.05. The van der Waals surface area contributed by atoms with Crippen molar-refractivity contribution in [1.29, 1.82) is 0 Å². The van der Waals surface area contributed by atoms with E-state index in [1.807, 2.05) is 30.3 Å². The Morgan fingerprint density at radius 2 is 1.86 bits per heavy atom. The molecular weight excluding hydrogens is 269 g/mol. The molecule has 3 nitrogen and oxygen atoms in total. The predicted octanol–water partition coefficient (Wildman–Crippen LogP) is 3.18. The second-order valence-electron chi connectivity index (χ2n) is 5.21. The Labute approximate surface area is 122 Å². The smallest absolute Gasteiger partial charge is 0.247 e. The molecule has 0 heterocycles. The van der Waals surface area contributed by atoms with Gasteiger partial charge in [-0.1, -0.05) is 48.5 Å². The molecule has 3 rings (SSSR count). The van der Waals surface area contributed by atoms with E-state index in [0.29, 0.717) is 18.6 Å². The number of hydrogen-bond acceptors (Lipinski definition) is 2. The van der Waals surface area contributed by atoms with Crippen LogP contribution in [0.25, 0.3) is 0 Å². The molecule has 0 aliphatic heterocycles. The van der Waals surface area contributed by atoms with E-state index in [0.717, 1.165) is 5.56 Å². The van der Waals surface area contributed by atoms with Crippen LogP contribution in [-0.4, -0.2) is 5.91 Å². The minimum atomic E-state index is -0.247. The normalized spacial score (nSPS) is 20.0. The van der Waals surface area contributed by atoms with Gasteiger partial charge in [-0.2, -0.15) is 0 Å². The van der Waals surface area contributed by atoms with Gasteiger partial charge in [-0.15, -0.1) is 0 Å². The standard InChI is InChI=1S/C17H16FNO2/c18-16-9-5-4-8-13(16)14-10-15(14)17(20)19-21-11-12-6-2-1-3-7-12/h1-9,14-15H,10-11H2,(H,19,20). The topological polar surface area (TPSA) is 38.3 Å². The largest absolute Gasteiger partial charge is 0.272 e. The van der Waals surface area contributed by atoms with Crippen molar-refractivity contribution in [2.45, 2.75) is 18.9 Å². The third-order valence-corrected chi connectivity index (χ3v) is 3.69. The number of nitrogens with one attached hydrogen (secondary N) is 1. The van der Waals surface area contributed by atoms with Crippen LogP contribution in [0.3, 0.4) is 0 Å². The van der Waals surface area contributed by atoms with Crippen LogP contribution in [0.5, 0.6) is 0 Å². The first-order valence-electron chi connectivity index (χ1n) is 6.95. The fourth-order valence-electron chi connectivity index (χ4n) is 2.44. The van der Waals surface area contributed by atoms with Crippen molar-refractivity contribution in [3.63, 3.8) is 0 Å². The van der Waals surface area contributed by atoms with Gasteiger partial charge in [0, 0.05) is 5.92 Å². The summed E-state index contributed by atoms with van der Waals surface area (Å²) < 4.78 is 13.6. The lowest BCUT2D eigenvalue weighted by Gasteiger charge is -2.06. The molecule has 0 saturated heterocycles. The third-order valence-electron chi connectivity index (χ3n) is 3.69. The second-order valence-corrected chi connectivity index (χ2v) is 5.21. The van der Waals surface area contributed by atoms with Gasteiger partial charge < -0.3 is 0 Å². The van der Waals surface area contributed by atoms with Gasteiger partial charge in [0.05, 0.1) is 6.61 Å². The molecule has 1 amide bonds. The van der Waals surface area contributed by atoms with Crippen LogP contribution in [0, 0.1) is 11.7 Å². The highest BCUT2D eigenvalue weighted by Gasteiger charge is 2.45. The maximum atomic E-state index is 13.6. The molecule has 2 unspecified atom stereocenters. The monoisotopic (exact) mass is 285 g/mol. The van der Waals surface area contributed by atoms with Gasteiger partial charge in [0.25, 0.3) is 0 Å². The first kappa shape index (κ1) is 13.8. The highest BCUT2D eigenvalue weighted by molar-refractivity contribution is 5.82. The first-order chi connectivity index (χ1) is 10.3. The molecule has 4 heteroatoms. The van der Waals surface area contributed by atoms with Gasteiger partial charge in [-0.3, -0.25) is 9.63 Å².